The Bertz CT molecular complexity index is 596. The number of hydrogen-bond acceptors (Lipinski definition) is 5. The molecule has 0 radical (unpaired) electrons. The Morgan fingerprint density at radius 2 is 1.88 bits per heavy atom. The second-order valence-electron chi connectivity index (χ2n) is 3.05. The number of aromatic nitrogens is 1. The standard InChI is InChI=1S/C9H5N3O4/c13-11(14)6-4-8-7(2-1-3-10-8)9(5-6)12(15)16/h1-5H. The van der Waals surface area contributed by atoms with Crippen LogP contribution in [0, 0.1) is 20.2 Å². The maximum absolute atomic E-state index is 10.7. The maximum atomic E-state index is 10.7. The van der Waals surface area contributed by atoms with E-state index in [2.05, 4.69) is 4.98 Å². The first-order valence-electron chi connectivity index (χ1n) is 4.27. The topological polar surface area (TPSA) is 99.2 Å². The van der Waals surface area contributed by atoms with Gasteiger partial charge in [0.05, 0.1) is 26.8 Å². The van der Waals surface area contributed by atoms with E-state index >= 15 is 0 Å². The molecule has 0 bridgehead atoms. The van der Waals surface area contributed by atoms with Gasteiger partial charge in [0.1, 0.15) is 0 Å². The van der Waals surface area contributed by atoms with Gasteiger partial charge in [-0.1, -0.05) is 0 Å². The van der Waals surface area contributed by atoms with Gasteiger partial charge in [0.25, 0.3) is 11.4 Å². The third kappa shape index (κ3) is 1.54. The Kier molecular flexibility index (Phi) is 2.20. The van der Waals surface area contributed by atoms with Gasteiger partial charge >= 0.3 is 0 Å². The number of benzene rings is 1. The van der Waals surface area contributed by atoms with Gasteiger partial charge in [-0.2, -0.15) is 0 Å². The van der Waals surface area contributed by atoms with Crippen molar-refractivity contribution in [2.45, 2.75) is 0 Å². The SMILES string of the molecule is O=[N+]([O-])c1cc([N+](=O)[O-])c2cccnc2c1. The van der Waals surface area contributed by atoms with Gasteiger partial charge in [-0.05, 0) is 12.1 Å². The lowest BCUT2D eigenvalue weighted by Gasteiger charge is -1.98. The molecule has 0 unspecified atom stereocenters. The molecule has 0 aliphatic heterocycles. The molecule has 0 aliphatic rings. The van der Waals surface area contributed by atoms with Crippen LogP contribution in [0.3, 0.4) is 0 Å². The molecule has 1 aromatic heterocycles. The Morgan fingerprint density at radius 3 is 2.50 bits per heavy atom. The van der Waals surface area contributed by atoms with Gasteiger partial charge < -0.3 is 0 Å². The van der Waals surface area contributed by atoms with Crippen molar-refractivity contribution in [1.82, 2.24) is 4.98 Å². The van der Waals surface area contributed by atoms with Crippen molar-refractivity contribution in [2.24, 2.45) is 0 Å². The number of fused-ring (bicyclic) bond motifs is 1. The highest BCUT2D eigenvalue weighted by molar-refractivity contribution is 5.89. The zero-order valence-corrected chi connectivity index (χ0v) is 7.86. The van der Waals surface area contributed by atoms with E-state index in [-0.39, 0.29) is 22.3 Å². The summed E-state index contributed by atoms with van der Waals surface area (Å²) in [6.45, 7) is 0. The fourth-order valence-corrected chi connectivity index (χ4v) is 1.41. The molecule has 16 heavy (non-hydrogen) atoms. The van der Waals surface area contributed by atoms with Crippen LogP contribution in [-0.2, 0) is 0 Å². The van der Waals surface area contributed by atoms with Gasteiger partial charge in [-0.25, -0.2) is 0 Å². The lowest BCUT2D eigenvalue weighted by molar-refractivity contribution is -0.393. The monoisotopic (exact) mass is 219 g/mol. The zero-order chi connectivity index (χ0) is 11.7. The van der Waals surface area contributed by atoms with Crippen LogP contribution < -0.4 is 0 Å². The number of nitro groups is 2. The fourth-order valence-electron chi connectivity index (χ4n) is 1.41. The van der Waals surface area contributed by atoms with E-state index in [1.165, 1.54) is 18.3 Å². The molecule has 7 heteroatoms. The van der Waals surface area contributed by atoms with Crippen molar-refractivity contribution in [3.8, 4) is 0 Å². The van der Waals surface area contributed by atoms with Gasteiger partial charge in [0, 0.05) is 12.3 Å². The second-order valence-corrected chi connectivity index (χ2v) is 3.05. The predicted molar refractivity (Wildman–Crippen MR) is 55.1 cm³/mol. The first-order chi connectivity index (χ1) is 7.59. The van der Waals surface area contributed by atoms with Crippen molar-refractivity contribution in [3.63, 3.8) is 0 Å². The molecule has 0 spiro atoms. The van der Waals surface area contributed by atoms with E-state index in [4.69, 9.17) is 0 Å². The number of nitrogens with zero attached hydrogens (tertiary/aromatic N) is 3. The highest BCUT2D eigenvalue weighted by Crippen LogP contribution is 2.29. The number of pyridine rings is 1. The lowest BCUT2D eigenvalue weighted by Crippen LogP contribution is -1.94. The summed E-state index contributed by atoms with van der Waals surface area (Å²) in [6, 6.07) is 5.19. The Labute approximate surface area is 88.6 Å². The van der Waals surface area contributed by atoms with E-state index in [0.29, 0.717) is 0 Å². The highest BCUT2D eigenvalue weighted by atomic mass is 16.6. The minimum atomic E-state index is -0.679. The minimum absolute atomic E-state index is 0.239. The summed E-state index contributed by atoms with van der Waals surface area (Å²) in [7, 11) is 0. The van der Waals surface area contributed by atoms with Gasteiger partial charge in [-0.3, -0.25) is 25.2 Å². The van der Waals surface area contributed by atoms with Crippen LogP contribution in [-0.4, -0.2) is 14.8 Å². The van der Waals surface area contributed by atoms with Crippen molar-refractivity contribution >= 4 is 22.3 Å². The molecule has 80 valence electrons. The fraction of sp³-hybridized carbons (Fsp3) is 0. The van der Waals surface area contributed by atoms with Crippen molar-refractivity contribution in [1.29, 1.82) is 0 Å². The summed E-state index contributed by atoms with van der Waals surface area (Å²) in [6.07, 6.45) is 1.43. The Hall–Kier alpha value is -2.57. The average molecular weight is 219 g/mol. The second kappa shape index (κ2) is 3.54. The molecule has 0 amide bonds. The number of nitro benzene ring substituents is 2. The molecule has 0 fully saturated rings. The first-order valence-corrected chi connectivity index (χ1v) is 4.27. The smallest absolute Gasteiger partial charge is 0.258 e. The third-order valence-corrected chi connectivity index (χ3v) is 2.09. The highest BCUT2D eigenvalue weighted by Gasteiger charge is 2.19. The van der Waals surface area contributed by atoms with E-state index in [0.717, 1.165) is 6.07 Å². The van der Waals surface area contributed by atoms with E-state index < -0.39 is 9.85 Å². The summed E-state index contributed by atoms with van der Waals surface area (Å²) in [5, 5.41) is 21.6. The summed E-state index contributed by atoms with van der Waals surface area (Å²) < 4.78 is 0. The summed E-state index contributed by atoms with van der Waals surface area (Å²) >= 11 is 0. The molecule has 0 N–H and O–H groups in total. The molecule has 0 saturated heterocycles. The minimum Gasteiger partial charge on any atom is -0.258 e. The summed E-state index contributed by atoms with van der Waals surface area (Å²) in [5.74, 6) is 0. The maximum Gasteiger partial charge on any atom is 0.285 e. The molecule has 1 aromatic carbocycles. The molecule has 2 rings (SSSR count). The van der Waals surface area contributed by atoms with Crippen molar-refractivity contribution in [2.75, 3.05) is 0 Å². The summed E-state index contributed by atoms with van der Waals surface area (Å²) in [5.41, 5.74) is -0.404. The largest absolute Gasteiger partial charge is 0.285 e. The quantitative estimate of drug-likeness (QED) is 0.568. The van der Waals surface area contributed by atoms with Gasteiger partial charge in [0.2, 0.25) is 0 Å². The predicted octanol–water partition coefficient (Wildman–Crippen LogP) is 2.05. The van der Waals surface area contributed by atoms with Crippen LogP contribution in [0.1, 0.15) is 0 Å². The van der Waals surface area contributed by atoms with Crippen LogP contribution in [0.15, 0.2) is 30.5 Å². The Balaban J connectivity index is 2.84. The molecule has 0 atom stereocenters. The lowest BCUT2D eigenvalue weighted by atomic mass is 10.1. The van der Waals surface area contributed by atoms with Crippen LogP contribution in [0.4, 0.5) is 11.4 Å². The third-order valence-electron chi connectivity index (χ3n) is 2.09. The van der Waals surface area contributed by atoms with E-state index in [9.17, 15) is 20.2 Å². The number of non-ortho nitro benzene ring substituents is 2. The first kappa shape index (κ1) is 9.97. The van der Waals surface area contributed by atoms with E-state index in [1.54, 1.807) is 6.07 Å². The molecule has 0 aliphatic carbocycles. The molecular weight excluding hydrogens is 214 g/mol. The van der Waals surface area contributed by atoms with E-state index in [1.807, 2.05) is 0 Å². The molecular formula is C9H5N3O4. The normalized spacial score (nSPS) is 10.2. The molecule has 7 nitrogen and oxygen atoms in total. The summed E-state index contributed by atoms with van der Waals surface area (Å²) in [4.78, 5) is 23.8. The van der Waals surface area contributed by atoms with Crippen LogP contribution in [0.25, 0.3) is 10.9 Å². The van der Waals surface area contributed by atoms with Gasteiger partial charge in [-0.15, -0.1) is 0 Å². The number of rotatable bonds is 2. The van der Waals surface area contributed by atoms with Crippen LogP contribution in [0.2, 0.25) is 0 Å². The zero-order valence-electron chi connectivity index (χ0n) is 7.86. The van der Waals surface area contributed by atoms with Crippen molar-refractivity contribution < 1.29 is 9.85 Å². The Morgan fingerprint density at radius 1 is 1.12 bits per heavy atom. The van der Waals surface area contributed by atoms with Crippen LogP contribution in [0.5, 0.6) is 0 Å². The van der Waals surface area contributed by atoms with Crippen molar-refractivity contribution in [3.05, 3.63) is 50.7 Å². The molecule has 1 heterocycles. The van der Waals surface area contributed by atoms with Gasteiger partial charge in [0.15, 0.2) is 0 Å². The number of hydrogen-bond donors (Lipinski definition) is 0. The average Bonchev–Trinajstić information content (AvgIpc) is 2.27. The molecule has 2 aromatic rings. The van der Waals surface area contributed by atoms with Crippen LogP contribution >= 0.6 is 0 Å². The molecule has 0 saturated carbocycles.